The van der Waals surface area contributed by atoms with E-state index in [1.807, 2.05) is 0 Å². The van der Waals surface area contributed by atoms with Gasteiger partial charge in [0.05, 0.1) is 7.11 Å². The van der Waals surface area contributed by atoms with Gasteiger partial charge in [0.15, 0.2) is 17.5 Å². The Bertz CT molecular complexity index is 826. The fourth-order valence-corrected chi connectivity index (χ4v) is 2.30. The normalized spacial score (nSPS) is 12.0. The summed E-state index contributed by atoms with van der Waals surface area (Å²) in [6.07, 6.45) is -4.39. The van der Waals surface area contributed by atoms with Crippen molar-refractivity contribution < 1.29 is 36.2 Å². The van der Waals surface area contributed by atoms with E-state index in [1.54, 1.807) is 6.07 Å². The minimum absolute atomic E-state index is 0.0343. The zero-order valence-corrected chi connectivity index (χ0v) is 15.2. The Hall–Kier alpha value is -3.24. The van der Waals surface area contributed by atoms with Gasteiger partial charge in [0.2, 0.25) is 0 Å². The van der Waals surface area contributed by atoms with Crippen molar-refractivity contribution in [3.63, 3.8) is 0 Å². The smallest absolute Gasteiger partial charge is 0.493 e. The van der Waals surface area contributed by atoms with E-state index < -0.39 is 13.0 Å². The molecule has 2 aromatic carbocycles. The molecule has 0 saturated carbocycles. The highest BCUT2D eigenvalue weighted by Crippen LogP contribution is 2.29. The Labute approximate surface area is 163 Å². The van der Waals surface area contributed by atoms with E-state index in [4.69, 9.17) is 10.5 Å². The van der Waals surface area contributed by atoms with Crippen LogP contribution in [0.15, 0.2) is 47.5 Å². The van der Waals surface area contributed by atoms with Gasteiger partial charge in [0.25, 0.3) is 0 Å². The molecule has 0 radical (unpaired) electrons. The van der Waals surface area contributed by atoms with Gasteiger partial charge >= 0.3 is 13.0 Å². The molecule has 2 aromatic rings. The topological polar surface area (TPSA) is 78.1 Å². The Morgan fingerprint density at radius 2 is 1.79 bits per heavy atom. The summed E-state index contributed by atoms with van der Waals surface area (Å²) in [5, 5.41) is 2.72. The highest BCUT2D eigenvalue weighted by Gasteiger charge is 2.30. The van der Waals surface area contributed by atoms with Gasteiger partial charge in [-0.25, -0.2) is 0 Å². The molecule has 6 nitrogen and oxygen atoms in total. The zero-order chi connectivity index (χ0) is 21.4. The lowest BCUT2D eigenvalue weighted by Gasteiger charge is -2.11. The summed E-state index contributed by atoms with van der Waals surface area (Å²) in [7, 11) is 1.34. The summed E-state index contributed by atoms with van der Waals surface area (Å²) in [4.78, 5) is 4.08. The molecule has 0 unspecified atom stereocenters. The second-order valence-corrected chi connectivity index (χ2v) is 5.58. The Morgan fingerprint density at radius 1 is 1.10 bits per heavy atom. The highest BCUT2D eigenvalue weighted by molar-refractivity contribution is 5.92. The van der Waals surface area contributed by atoms with Crippen molar-refractivity contribution in [1.29, 1.82) is 0 Å². The first-order valence-electron chi connectivity index (χ1n) is 8.21. The van der Waals surface area contributed by atoms with Crippen molar-refractivity contribution in [2.45, 2.75) is 19.4 Å². The summed E-state index contributed by atoms with van der Waals surface area (Å²) >= 11 is 0. The van der Waals surface area contributed by atoms with Crippen LogP contribution in [0, 0.1) is 0 Å². The lowest BCUT2D eigenvalue weighted by atomic mass is 10.1. The minimum atomic E-state index is -4.77. The summed E-state index contributed by atoms with van der Waals surface area (Å²) in [5.41, 5.74) is 6.82. The number of aliphatic imine (C=N–C) groups is 1. The van der Waals surface area contributed by atoms with Crippen LogP contribution in [0.25, 0.3) is 0 Å². The summed E-state index contributed by atoms with van der Waals surface area (Å²) in [6.45, 7) is -2.75. The number of nitrogens with two attached hydrogens (primary N) is 1. The first-order chi connectivity index (χ1) is 13.7. The molecule has 0 amide bonds. The van der Waals surface area contributed by atoms with Gasteiger partial charge in [-0.3, -0.25) is 4.99 Å². The van der Waals surface area contributed by atoms with Crippen LogP contribution in [0.4, 0.5) is 27.6 Å². The minimum Gasteiger partial charge on any atom is -0.493 e. The van der Waals surface area contributed by atoms with Crippen molar-refractivity contribution >= 4 is 11.6 Å². The number of nitrogens with zero attached hydrogens (tertiary/aromatic N) is 1. The molecule has 0 aliphatic carbocycles. The fourth-order valence-electron chi connectivity index (χ4n) is 2.30. The molecule has 0 aliphatic rings. The zero-order valence-electron chi connectivity index (χ0n) is 15.2. The largest absolute Gasteiger partial charge is 0.573 e. The molecule has 0 aliphatic heterocycles. The van der Waals surface area contributed by atoms with Gasteiger partial charge in [-0.05, 0) is 48.4 Å². The summed E-state index contributed by atoms with van der Waals surface area (Å²) in [6, 6.07) is 9.56. The van der Waals surface area contributed by atoms with Crippen molar-refractivity contribution in [1.82, 2.24) is 0 Å². The standard InChI is InChI=1S/C18H18F5N3O3/c1-27-14-7-2-11(10-15(14)28-16(19)20)8-9-25-17(24)26-12-3-5-13(6-4-12)29-18(21,22)23/h2-7,10,16H,8-9H2,1H3,(H3,24,25,26). The van der Waals surface area contributed by atoms with E-state index in [-0.39, 0.29) is 29.8 Å². The molecule has 158 valence electrons. The first-order valence-corrected chi connectivity index (χ1v) is 8.21. The van der Waals surface area contributed by atoms with E-state index in [0.29, 0.717) is 17.7 Å². The number of alkyl halides is 5. The van der Waals surface area contributed by atoms with Crippen LogP contribution in [0.5, 0.6) is 17.2 Å². The van der Waals surface area contributed by atoms with E-state index in [1.165, 1.54) is 31.4 Å². The van der Waals surface area contributed by atoms with Crippen LogP contribution in [0.3, 0.4) is 0 Å². The quantitative estimate of drug-likeness (QED) is 0.382. The molecule has 2 rings (SSSR count). The lowest BCUT2D eigenvalue weighted by Crippen LogP contribution is -2.23. The van der Waals surface area contributed by atoms with Crippen LogP contribution in [0.2, 0.25) is 0 Å². The Kier molecular flexibility index (Phi) is 7.46. The van der Waals surface area contributed by atoms with Gasteiger partial charge in [-0.2, -0.15) is 8.78 Å². The number of methoxy groups -OCH3 is 1. The van der Waals surface area contributed by atoms with E-state index >= 15 is 0 Å². The monoisotopic (exact) mass is 419 g/mol. The number of benzene rings is 2. The maximum atomic E-state index is 12.5. The molecule has 0 heterocycles. The number of guanidine groups is 1. The molecular weight excluding hydrogens is 401 g/mol. The van der Waals surface area contributed by atoms with Gasteiger partial charge in [0, 0.05) is 12.2 Å². The SMILES string of the molecule is COc1ccc(CCN=C(N)Nc2ccc(OC(F)(F)F)cc2)cc1OC(F)F. The van der Waals surface area contributed by atoms with Crippen LogP contribution < -0.4 is 25.3 Å². The van der Waals surface area contributed by atoms with Gasteiger partial charge in [-0.15, -0.1) is 13.2 Å². The van der Waals surface area contributed by atoms with E-state index in [2.05, 4.69) is 19.8 Å². The molecule has 0 saturated heterocycles. The lowest BCUT2D eigenvalue weighted by molar-refractivity contribution is -0.274. The Morgan fingerprint density at radius 3 is 2.38 bits per heavy atom. The number of nitrogens with one attached hydrogen (secondary N) is 1. The highest BCUT2D eigenvalue weighted by atomic mass is 19.4. The van der Waals surface area contributed by atoms with Gasteiger partial charge in [-0.1, -0.05) is 6.07 Å². The number of halogens is 5. The van der Waals surface area contributed by atoms with Crippen LogP contribution >= 0.6 is 0 Å². The third-order valence-electron chi connectivity index (χ3n) is 3.49. The van der Waals surface area contributed by atoms with Crippen molar-refractivity contribution in [2.24, 2.45) is 10.7 Å². The number of hydrogen-bond donors (Lipinski definition) is 2. The third kappa shape index (κ3) is 7.72. The number of anilines is 1. The third-order valence-corrected chi connectivity index (χ3v) is 3.49. The number of ether oxygens (including phenoxy) is 3. The van der Waals surface area contributed by atoms with Crippen molar-refractivity contribution in [3.8, 4) is 17.2 Å². The van der Waals surface area contributed by atoms with Gasteiger partial charge < -0.3 is 25.3 Å². The first kappa shape index (κ1) is 22.1. The predicted octanol–water partition coefficient (Wildman–Crippen LogP) is 4.16. The maximum Gasteiger partial charge on any atom is 0.573 e. The van der Waals surface area contributed by atoms with Crippen LogP contribution in [0.1, 0.15) is 5.56 Å². The summed E-state index contributed by atoms with van der Waals surface area (Å²) < 4.78 is 74.4. The molecule has 0 spiro atoms. The van der Waals surface area contributed by atoms with Gasteiger partial charge in [0.1, 0.15) is 5.75 Å². The predicted molar refractivity (Wildman–Crippen MR) is 96.6 cm³/mol. The molecule has 0 fully saturated rings. The van der Waals surface area contributed by atoms with Crippen molar-refractivity contribution in [3.05, 3.63) is 48.0 Å². The molecule has 0 bridgehead atoms. The molecule has 0 atom stereocenters. The molecule has 0 aromatic heterocycles. The van der Waals surface area contributed by atoms with Crippen LogP contribution in [-0.2, 0) is 6.42 Å². The molecule has 29 heavy (non-hydrogen) atoms. The maximum absolute atomic E-state index is 12.5. The van der Waals surface area contributed by atoms with Crippen molar-refractivity contribution in [2.75, 3.05) is 19.0 Å². The van der Waals surface area contributed by atoms with E-state index in [9.17, 15) is 22.0 Å². The average Bonchev–Trinajstić information content (AvgIpc) is 2.62. The second-order valence-electron chi connectivity index (χ2n) is 5.58. The molecule has 11 heteroatoms. The number of rotatable bonds is 8. The fraction of sp³-hybridized carbons (Fsp3) is 0.278. The Balaban J connectivity index is 1.91. The molecular formula is C18H18F5N3O3. The molecule has 3 N–H and O–H groups in total. The second kappa shape index (κ2) is 9.80. The van der Waals surface area contributed by atoms with E-state index in [0.717, 1.165) is 12.1 Å². The average molecular weight is 419 g/mol. The van der Waals surface area contributed by atoms with Crippen LogP contribution in [-0.4, -0.2) is 32.6 Å². The number of hydrogen-bond acceptors (Lipinski definition) is 4. The summed E-state index contributed by atoms with van der Waals surface area (Å²) in [5.74, 6) is -0.236.